The molecule has 7 heteroatoms. The highest BCUT2D eigenvalue weighted by Crippen LogP contribution is 2.33. The van der Waals surface area contributed by atoms with Crippen LogP contribution in [0.15, 0.2) is 84.0 Å². The lowest BCUT2D eigenvalue weighted by atomic mass is 10.2. The van der Waals surface area contributed by atoms with E-state index in [0.717, 1.165) is 45.2 Å². The summed E-state index contributed by atoms with van der Waals surface area (Å²) in [4.78, 5) is 0. The zero-order chi connectivity index (χ0) is 22.2. The van der Waals surface area contributed by atoms with Gasteiger partial charge in [-0.05, 0) is 55.5 Å². The van der Waals surface area contributed by atoms with Gasteiger partial charge in [0.05, 0.1) is 25.9 Å². The van der Waals surface area contributed by atoms with Crippen molar-refractivity contribution in [2.75, 3.05) is 26.1 Å². The topological polar surface area (TPSA) is 58.4 Å². The van der Waals surface area contributed by atoms with Crippen molar-refractivity contribution in [3.8, 4) is 34.3 Å². The van der Waals surface area contributed by atoms with Crippen molar-refractivity contribution in [1.82, 2.24) is 14.8 Å². The highest BCUT2D eigenvalue weighted by molar-refractivity contribution is 7.99. The van der Waals surface area contributed by atoms with Gasteiger partial charge in [-0.25, -0.2) is 0 Å². The summed E-state index contributed by atoms with van der Waals surface area (Å²) in [5.74, 6) is 3.88. The minimum atomic E-state index is 0.546. The molecule has 0 unspecified atom stereocenters. The largest absolute Gasteiger partial charge is 0.496 e. The molecule has 0 atom stereocenters. The van der Waals surface area contributed by atoms with Gasteiger partial charge in [-0.15, -0.1) is 10.2 Å². The molecule has 6 nitrogen and oxygen atoms in total. The van der Waals surface area contributed by atoms with Crippen molar-refractivity contribution in [1.29, 1.82) is 0 Å². The molecule has 0 amide bonds. The molecule has 0 fully saturated rings. The predicted molar refractivity (Wildman–Crippen MR) is 127 cm³/mol. The quantitative estimate of drug-likeness (QED) is 0.236. The Bertz CT molecular complexity index is 1130. The number of ether oxygens (including phenoxy) is 3. The first-order valence-corrected chi connectivity index (χ1v) is 11.4. The van der Waals surface area contributed by atoms with Crippen LogP contribution in [0.4, 0.5) is 0 Å². The molecule has 3 aromatic carbocycles. The SMILES string of the molecule is CCOc1ccc(OCCSc2nnc(-c3ccccc3OC)n2-c2ccccc2)cc1. The fourth-order valence-electron chi connectivity index (χ4n) is 3.27. The van der Waals surface area contributed by atoms with Crippen molar-refractivity contribution >= 4 is 11.8 Å². The highest BCUT2D eigenvalue weighted by atomic mass is 32.2. The minimum Gasteiger partial charge on any atom is -0.496 e. The van der Waals surface area contributed by atoms with E-state index in [9.17, 15) is 0 Å². The summed E-state index contributed by atoms with van der Waals surface area (Å²) in [7, 11) is 1.66. The lowest BCUT2D eigenvalue weighted by molar-refractivity contribution is 0.332. The van der Waals surface area contributed by atoms with E-state index in [1.54, 1.807) is 18.9 Å². The monoisotopic (exact) mass is 447 g/mol. The Labute approximate surface area is 192 Å². The minimum absolute atomic E-state index is 0.546. The van der Waals surface area contributed by atoms with Crippen molar-refractivity contribution in [2.45, 2.75) is 12.1 Å². The van der Waals surface area contributed by atoms with E-state index in [4.69, 9.17) is 14.2 Å². The third-order valence-corrected chi connectivity index (χ3v) is 5.61. The molecule has 4 aromatic rings. The van der Waals surface area contributed by atoms with Crippen LogP contribution in [-0.4, -0.2) is 40.8 Å². The fourth-order valence-corrected chi connectivity index (χ4v) is 4.04. The third kappa shape index (κ3) is 5.06. The maximum absolute atomic E-state index is 5.88. The first-order valence-electron chi connectivity index (χ1n) is 10.4. The number of aromatic nitrogens is 3. The smallest absolute Gasteiger partial charge is 0.196 e. The second-order valence-corrected chi connectivity index (χ2v) is 7.84. The molecule has 0 N–H and O–H groups in total. The van der Waals surface area contributed by atoms with Gasteiger partial charge >= 0.3 is 0 Å². The Morgan fingerprint density at radius 1 is 0.812 bits per heavy atom. The fraction of sp³-hybridized carbons (Fsp3) is 0.200. The molecule has 32 heavy (non-hydrogen) atoms. The van der Waals surface area contributed by atoms with Gasteiger partial charge in [0.15, 0.2) is 11.0 Å². The molecule has 4 rings (SSSR count). The van der Waals surface area contributed by atoms with Gasteiger partial charge in [0.25, 0.3) is 0 Å². The van der Waals surface area contributed by atoms with Gasteiger partial charge in [0, 0.05) is 11.4 Å². The van der Waals surface area contributed by atoms with E-state index in [2.05, 4.69) is 14.8 Å². The van der Waals surface area contributed by atoms with Crippen LogP contribution in [0.25, 0.3) is 17.1 Å². The highest BCUT2D eigenvalue weighted by Gasteiger charge is 2.18. The van der Waals surface area contributed by atoms with Gasteiger partial charge in [-0.1, -0.05) is 42.1 Å². The van der Waals surface area contributed by atoms with Crippen molar-refractivity contribution < 1.29 is 14.2 Å². The van der Waals surface area contributed by atoms with Crippen LogP contribution in [0.3, 0.4) is 0 Å². The first-order chi connectivity index (χ1) is 15.8. The van der Waals surface area contributed by atoms with E-state index in [-0.39, 0.29) is 0 Å². The molecule has 0 aliphatic heterocycles. The summed E-state index contributed by atoms with van der Waals surface area (Å²) in [6.45, 7) is 3.16. The summed E-state index contributed by atoms with van der Waals surface area (Å²) >= 11 is 1.60. The maximum Gasteiger partial charge on any atom is 0.196 e. The number of hydrogen-bond donors (Lipinski definition) is 0. The van der Waals surface area contributed by atoms with E-state index in [0.29, 0.717) is 13.2 Å². The lowest BCUT2D eigenvalue weighted by Crippen LogP contribution is -2.04. The van der Waals surface area contributed by atoms with Crippen LogP contribution in [0.2, 0.25) is 0 Å². The third-order valence-electron chi connectivity index (χ3n) is 4.71. The lowest BCUT2D eigenvalue weighted by Gasteiger charge is -2.12. The Balaban J connectivity index is 1.51. The standard InChI is InChI=1S/C25H25N3O3S/c1-3-30-20-13-15-21(16-14-20)31-17-18-32-25-27-26-24(22-11-7-8-12-23(22)29-2)28(25)19-9-5-4-6-10-19/h4-16H,3,17-18H2,1-2H3. The number of hydrogen-bond acceptors (Lipinski definition) is 6. The summed E-state index contributed by atoms with van der Waals surface area (Å²) in [6.07, 6.45) is 0. The van der Waals surface area contributed by atoms with Crippen LogP contribution in [-0.2, 0) is 0 Å². The average Bonchev–Trinajstić information content (AvgIpc) is 3.27. The van der Waals surface area contributed by atoms with Crippen LogP contribution < -0.4 is 14.2 Å². The summed E-state index contributed by atoms with van der Waals surface area (Å²) in [5.41, 5.74) is 1.89. The molecule has 0 bridgehead atoms. The van der Waals surface area contributed by atoms with E-state index >= 15 is 0 Å². The molecule has 0 saturated carbocycles. The molecule has 164 valence electrons. The Morgan fingerprint density at radius 3 is 2.22 bits per heavy atom. The molecule has 0 saturated heterocycles. The first kappa shape index (κ1) is 21.8. The van der Waals surface area contributed by atoms with E-state index in [1.165, 1.54) is 0 Å². The van der Waals surface area contributed by atoms with E-state index in [1.807, 2.05) is 85.8 Å². The van der Waals surface area contributed by atoms with Crippen LogP contribution in [0.5, 0.6) is 17.2 Å². The number of para-hydroxylation sites is 2. The molecule has 0 spiro atoms. The molecule has 0 radical (unpaired) electrons. The Hall–Kier alpha value is -3.45. The van der Waals surface area contributed by atoms with Crippen molar-refractivity contribution in [3.63, 3.8) is 0 Å². The van der Waals surface area contributed by atoms with Crippen LogP contribution in [0, 0.1) is 0 Å². The Kier molecular flexibility index (Phi) is 7.30. The van der Waals surface area contributed by atoms with Gasteiger partial charge in [0.1, 0.15) is 17.2 Å². The molecule has 0 aliphatic carbocycles. The number of methoxy groups -OCH3 is 1. The van der Waals surface area contributed by atoms with Crippen LogP contribution in [0.1, 0.15) is 6.92 Å². The maximum atomic E-state index is 5.88. The zero-order valence-electron chi connectivity index (χ0n) is 18.1. The predicted octanol–water partition coefficient (Wildman–Crippen LogP) is 5.51. The number of rotatable bonds is 10. The molecule has 1 aromatic heterocycles. The molecule has 0 aliphatic rings. The van der Waals surface area contributed by atoms with Crippen LogP contribution >= 0.6 is 11.8 Å². The second-order valence-electron chi connectivity index (χ2n) is 6.78. The summed E-state index contributed by atoms with van der Waals surface area (Å²) < 4.78 is 19.0. The zero-order valence-corrected chi connectivity index (χ0v) is 18.9. The molecular weight excluding hydrogens is 422 g/mol. The number of benzene rings is 3. The molecule has 1 heterocycles. The molecular formula is C25H25N3O3S. The number of thioether (sulfide) groups is 1. The normalized spacial score (nSPS) is 10.7. The van der Waals surface area contributed by atoms with Crippen molar-refractivity contribution in [2.24, 2.45) is 0 Å². The average molecular weight is 448 g/mol. The van der Waals surface area contributed by atoms with Gasteiger partial charge in [0.2, 0.25) is 0 Å². The summed E-state index contributed by atoms with van der Waals surface area (Å²) in [6, 6.07) is 25.6. The van der Waals surface area contributed by atoms with Gasteiger partial charge < -0.3 is 14.2 Å². The van der Waals surface area contributed by atoms with E-state index < -0.39 is 0 Å². The Morgan fingerprint density at radius 2 is 1.50 bits per heavy atom. The van der Waals surface area contributed by atoms with Gasteiger partial charge in [-0.2, -0.15) is 0 Å². The summed E-state index contributed by atoms with van der Waals surface area (Å²) in [5, 5.41) is 9.76. The van der Waals surface area contributed by atoms with Gasteiger partial charge in [-0.3, -0.25) is 4.57 Å². The number of nitrogens with zero attached hydrogens (tertiary/aromatic N) is 3. The second kappa shape index (κ2) is 10.7. The van der Waals surface area contributed by atoms with Crippen molar-refractivity contribution in [3.05, 3.63) is 78.9 Å².